The van der Waals surface area contributed by atoms with E-state index in [1.807, 2.05) is 13.8 Å². The summed E-state index contributed by atoms with van der Waals surface area (Å²) in [6.45, 7) is 3.86. The summed E-state index contributed by atoms with van der Waals surface area (Å²) < 4.78 is 22.7. The number of hydrogen-bond acceptors (Lipinski definition) is 6. The predicted molar refractivity (Wildman–Crippen MR) is 79.7 cm³/mol. The second-order valence-electron chi connectivity index (χ2n) is 5.59. The van der Waals surface area contributed by atoms with Crippen LogP contribution in [0.4, 0.5) is 5.69 Å². The van der Waals surface area contributed by atoms with Crippen molar-refractivity contribution in [2.45, 2.75) is 38.6 Å². The van der Waals surface area contributed by atoms with Crippen molar-refractivity contribution in [3.63, 3.8) is 0 Å². The lowest BCUT2D eigenvalue weighted by molar-refractivity contribution is 0.0929. The Balaban J connectivity index is 2.09. The van der Waals surface area contributed by atoms with Crippen molar-refractivity contribution in [2.75, 3.05) is 17.2 Å². The Labute approximate surface area is 124 Å². The third-order valence-corrected chi connectivity index (χ3v) is 5.17. The van der Waals surface area contributed by atoms with E-state index in [-0.39, 0.29) is 40.8 Å². The number of hydrogen-bond donors (Lipinski definition) is 2. The summed E-state index contributed by atoms with van der Waals surface area (Å²) in [4.78, 5) is 20.5. The van der Waals surface area contributed by atoms with Crippen molar-refractivity contribution in [1.82, 2.24) is 15.3 Å². The molecule has 0 atom stereocenters. The fourth-order valence-corrected chi connectivity index (χ4v) is 3.64. The minimum Gasteiger partial charge on any atom is -0.396 e. The van der Waals surface area contributed by atoms with Crippen LogP contribution >= 0.6 is 0 Å². The summed E-state index contributed by atoms with van der Waals surface area (Å²) >= 11 is 0. The van der Waals surface area contributed by atoms with Crippen molar-refractivity contribution in [2.24, 2.45) is 0 Å². The van der Waals surface area contributed by atoms with E-state index >= 15 is 0 Å². The van der Waals surface area contributed by atoms with Crippen LogP contribution in [0.2, 0.25) is 0 Å². The Kier molecular flexibility index (Phi) is 4.46. The van der Waals surface area contributed by atoms with Gasteiger partial charge in [0.2, 0.25) is 0 Å². The first-order valence-corrected chi connectivity index (χ1v) is 8.74. The smallest absolute Gasteiger partial charge is 0.272 e. The first kappa shape index (κ1) is 15.7. The highest BCUT2D eigenvalue weighted by Crippen LogP contribution is 2.16. The molecule has 1 fully saturated rings. The number of anilines is 1. The van der Waals surface area contributed by atoms with Crippen LogP contribution in [-0.2, 0) is 9.84 Å². The number of aromatic nitrogens is 2. The number of carbonyl (C=O) groups excluding carboxylic acids is 1. The number of amides is 1. The molecule has 1 aromatic rings. The first-order valence-electron chi connectivity index (χ1n) is 6.92. The van der Waals surface area contributed by atoms with Crippen molar-refractivity contribution < 1.29 is 13.2 Å². The second-order valence-corrected chi connectivity index (χ2v) is 7.89. The minimum atomic E-state index is -2.94. The number of sulfone groups is 1. The molecule has 0 bridgehead atoms. The maximum atomic E-state index is 12.2. The highest BCUT2D eigenvalue weighted by atomic mass is 32.2. The Morgan fingerprint density at radius 2 is 2.00 bits per heavy atom. The molecule has 0 radical (unpaired) electrons. The summed E-state index contributed by atoms with van der Waals surface area (Å²) in [5, 5.41) is 2.81. The van der Waals surface area contributed by atoms with Crippen LogP contribution in [-0.4, -0.2) is 41.8 Å². The van der Waals surface area contributed by atoms with Crippen LogP contribution in [0, 0.1) is 0 Å². The van der Waals surface area contributed by atoms with Gasteiger partial charge in [0.05, 0.1) is 23.4 Å². The third kappa shape index (κ3) is 3.90. The van der Waals surface area contributed by atoms with E-state index in [0.29, 0.717) is 18.7 Å². The van der Waals surface area contributed by atoms with Crippen LogP contribution in [0.3, 0.4) is 0 Å². The van der Waals surface area contributed by atoms with E-state index in [4.69, 9.17) is 5.73 Å². The Morgan fingerprint density at radius 1 is 1.38 bits per heavy atom. The summed E-state index contributed by atoms with van der Waals surface area (Å²) in [5.41, 5.74) is 6.13. The maximum absolute atomic E-state index is 12.2. The van der Waals surface area contributed by atoms with Gasteiger partial charge < -0.3 is 11.1 Å². The van der Waals surface area contributed by atoms with Crippen LogP contribution < -0.4 is 11.1 Å². The van der Waals surface area contributed by atoms with Crippen molar-refractivity contribution in [3.8, 4) is 0 Å². The van der Waals surface area contributed by atoms with Crippen LogP contribution in [0.5, 0.6) is 0 Å². The fraction of sp³-hybridized carbons (Fsp3) is 0.615. The highest BCUT2D eigenvalue weighted by Gasteiger charge is 2.26. The maximum Gasteiger partial charge on any atom is 0.272 e. The molecule has 1 aromatic heterocycles. The average molecular weight is 312 g/mol. The molecule has 7 nitrogen and oxygen atoms in total. The lowest BCUT2D eigenvalue weighted by Crippen LogP contribution is -2.41. The van der Waals surface area contributed by atoms with E-state index < -0.39 is 9.84 Å². The van der Waals surface area contributed by atoms with Gasteiger partial charge in [-0.2, -0.15) is 0 Å². The second kappa shape index (κ2) is 5.97. The summed E-state index contributed by atoms with van der Waals surface area (Å²) in [5.74, 6) is 0.488. The van der Waals surface area contributed by atoms with Crippen LogP contribution in [0.1, 0.15) is 48.9 Å². The fourth-order valence-electron chi connectivity index (χ4n) is 2.15. The molecule has 0 saturated carbocycles. The van der Waals surface area contributed by atoms with Gasteiger partial charge in [0.15, 0.2) is 5.69 Å². The lowest BCUT2D eigenvalue weighted by Gasteiger charge is -2.23. The summed E-state index contributed by atoms with van der Waals surface area (Å²) in [7, 11) is -2.94. The molecule has 8 heteroatoms. The van der Waals surface area contributed by atoms with Crippen LogP contribution in [0.15, 0.2) is 6.20 Å². The molecule has 0 aliphatic carbocycles. The molecular formula is C13H20N4O3S. The normalized spacial score (nSPS) is 18.6. The molecule has 2 heterocycles. The number of nitrogen functional groups attached to an aromatic ring is 1. The van der Waals surface area contributed by atoms with Gasteiger partial charge in [0.1, 0.15) is 15.7 Å². The molecule has 0 spiro atoms. The van der Waals surface area contributed by atoms with Crippen molar-refractivity contribution in [3.05, 3.63) is 17.7 Å². The number of nitrogens with one attached hydrogen (secondary N) is 1. The predicted octanol–water partition coefficient (Wildman–Crippen LogP) is 0.489. The van der Waals surface area contributed by atoms with Gasteiger partial charge in [0.25, 0.3) is 5.91 Å². The van der Waals surface area contributed by atoms with E-state index in [1.54, 1.807) is 0 Å². The molecule has 1 saturated heterocycles. The SMILES string of the molecule is CC(C)c1ncc(N)c(C(=O)NC2CCS(=O)(=O)CC2)n1. The largest absolute Gasteiger partial charge is 0.396 e. The molecular weight excluding hydrogens is 292 g/mol. The number of rotatable bonds is 3. The molecule has 1 amide bonds. The molecule has 2 rings (SSSR count). The lowest BCUT2D eigenvalue weighted by atomic mass is 10.1. The Hall–Kier alpha value is -1.70. The number of nitrogens with zero attached hydrogens (tertiary/aromatic N) is 2. The standard InChI is InChI=1S/C13H20N4O3S/c1-8(2)12-15-7-10(14)11(17-12)13(18)16-9-3-5-21(19,20)6-4-9/h7-9H,3-6,14H2,1-2H3,(H,16,18). The van der Waals surface area contributed by atoms with Gasteiger partial charge in [-0.05, 0) is 12.8 Å². The Bertz CT molecular complexity index is 629. The van der Waals surface area contributed by atoms with Gasteiger partial charge >= 0.3 is 0 Å². The van der Waals surface area contributed by atoms with Gasteiger partial charge in [0, 0.05) is 12.0 Å². The zero-order valence-corrected chi connectivity index (χ0v) is 13.0. The highest BCUT2D eigenvalue weighted by molar-refractivity contribution is 7.91. The summed E-state index contributed by atoms with van der Waals surface area (Å²) in [6, 6.07) is -0.155. The molecule has 116 valence electrons. The van der Waals surface area contributed by atoms with E-state index in [1.165, 1.54) is 6.20 Å². The third-order valence-electron chi connectivity index (χ3n) is 3.46. The molecule has 21 heavy (non-hydrogen) atoms. The van der Waals surface area contributed by atoms with E-state index in [9.17, 15) is 13.2 Å². The topological polar surface area (TPSA) is 115 Å². The van der Waals surface area contributed by atoms with Gasteiger partial charge in [-0.1, -0.05) is 13.8 Å². The quantitative estimate of drug-likeness (QED) is 0.839. The van der Waals surface area contributed by atoms with E-state index in [2.05, 4.69) is 15.3 Å². The zero-order chi connectivity index (χ0) is 15.6. The van der Waals surface area contributed by atoms with Crippen LogP contribution in [0.25, 0.3) is 0 Å². The van der Waals surface area contributed by atoms with Crippen molar-refractivity contribution in [1.29, 1.82) is 0 Å². The summed E-state index contributed by atoms with van der Waals surface area (Å²) in [6.07, 6.45) is 2.29. The number of nitrogens with two attached hydrogens (primary N) is 1. The first-order chi connectivity index (χ1) is 9.78. The van der Waals surface area contributed by atoms with Gasteiger partial charge in [-0.25, -0.2) is 18.4 Å². The molecule has 1 aliphatic heterocycles. The minimum absolute atomic E-state index is 0.0944. The van der Waals surface area contributed by atoms with Crippen molar-refractivity contribution >= 4 is 21.4 Å². The van der Waals surface area contributed by atoms with E-state index in [0.717, 1.165) is 0 Å². The molecule has 0 aromatic carbocycles. The van der Waals surface area contributed by atoms with Gasteiger partial charge in [-0.15, -0.1) is 0 Å². The molecule has 0 unspecified atom stereocenters. The monoisotopic (exact) mass is 312 g/mol. The number of carbonyl (C=O) groups is 1. The Morgan fingerprint density at radius 3 is 2.57 bits per heavy atom. The molecule has 1 aliphatic rings. The van der Waals surface area contributed by atoms with Gasteiger partial charge in [-0.3, -0.25) is 4.79 Å². The average Bonchev–Trinajstić information content (AvgIpc) is 2.41. The zero-order valence-electron chi connectivity index (χ0n) is 12.2. The molecule has 3 N–H and O–H groups in total.